The molecule has 0 fully saturated rings. The van der Waals surface area contributed by atoms with Crippen molar-refractivity contribution >= 4 is 13.8 Å². The van der Waals surface area contributed by atoms with Crippen LogP contribution in [-0.4, -0.2) is 49.9 Å². The maximum absolute atomic E-state index is 12.4. The summed E-state index contributed by atoms with van der Waals surface area (Å²) in [7, 11) is -4.25. The van der Waals surface area contributed by atoms with E-state index in [0.29, 0.717) is 13.0 Å². The molecule has 42 heavy (non-hydrogen) atoms. The molecule has 0 saturated carbocycles. The minimum absolute atomic E-state index is 0.0912. The van der Waals surface area contributed by atoms with E-state index in [0.717, 1.165) is 32.1 Å². The van der Waals surface area contributed by atoms with E-state index in [1.165, 1.54) is 116 Å². The van der Waals surface area contributed by atoms with E-state index in [9.17, 15) is 14.3 Å². The van der Waals surface area contributed by atoms with E-state index in [4.69, 9.17) is 24.3 Å². The molecular weight excluding hydrogens is 553 g/mol. The zero-order valence-electron chi connectivity index (χ0n) is 27.5. The highest BCUT2D eigenvalue weighted by molar-refractivity contribution is 7.47. The Morgan fingerprint density at radius 3 is 1.50 bits per heavy atom. The predicted molar refractivity (Wildman–Crippen MR) is 174 cm³/mol. The molecule has 0 aromatic carbocycles. The average Bonchev–Trinajstić information content (AvgIpc) is 2.97. The van der Waals surface area contributed by atoms with Crippen molar-refractivity contribution in [2.45, 2.75) is 174 Å². The molecule has 0 saturated heterocycles. The first-order valence-electron chi connectivity index (χ1n) is 17.5. The monoisotopic (exact) mass is 621 g/mol. The highest BCUT2D eigenvalue weighted by atomic mass is 31.2. The Kier molecular flexibility index (Phi) is 31.5. The lowest BCUT2D eigenvalue weighted by Crippen LogP contribution is -2.28. The Morgan fingerprint density at radius 1 is 0.619 bits per heavy atom. The van der Waals surface area contributed by atoms with Crippen molar-refractivity contribution in [2.75, 3.05) is 33.0 Å². The van der Waals surface area contributed by atoms with Gasteiger partial charge in [0.25, 0.3) is 0 Å². The highest BCUT2D eigenvalue weighted by Gasteiger charge is 2.25. The van der Waals surface area contributed by atoms with Crippen LogP contribution in [0.2, 0.25) is 0 Å². The van der Waals surface area contributed by atoms with Crippen LogP contribution in [0.5, 0.6) is 0 Å². The zero-order valence-corrected chi connectivity index (χ0v) is 28.4. The van der Waals surface area contributed by atoms with Crippen LogP contribution in [-0.2, 0) is 27.9 Å². The number of ether oxygens (including phenoxy) is 2. The lowest BCUT2D eigenvalue weighted by atomic mass is 10.0. The minimum Gasteiger partial charge on any atom is -0.457 e. The second kappa shape index (κ2) is 31.9. The standard InChI is InChI=1S/C33H68NO7P/c1-3-5-7-9-11-12-13-14-15-16-17-18-19-20-21-22-24-26-33(35)41-32(31-40-42(36,37)39-29-27-34)30-38-28-25-23-10-8-6-4-2/h32H,3-31,34H2,1-2H3,(H,36,37). The number of hydrogen-bond donors (Lipinski definition) is 2. The van der Waals surface area contributed by atoms with Gasteiger partial charge in [-0.05, 0) is 12.8 Å². The smallest absolute Gasteiger partial charge is 0.457 e. The molecule has 0 aliphatic heterocycles. The molecule has 0 amide bonds. The number of nitrogens with two attached hydrogens (primary N) is 1. The molecule has 0 aromatic heterocycles. The van der Waals surface area contributed by atoms with Crippen LogP contribution in [0.4, 0.5) is 0 Å². The van der Waals surface area contributed by atoms with Crippen LogP contribution in [0.15, 0.2) is 0 Å². The topological polar surface area (TPSA) is 117 Å². The summed E-state index contributed by atoms with van der Waals surface area (Å²) in [5, 5.41) is 0. The van der Waals surface area contributed by atoms with Gasteiger partial charge in [-0.25, -0.2) is 4.57 Å². The first-order chi connectivity index (χ1) is 20.4. The fraction of sp³-hybridized carbons (Fsp3) is 0.970. The van der Waals surface area contributed by atoms with Gasteiger partial charge in [0.2, 0.25) is 0 Å². The second-order valence-electron chi connectivity index (χ2n) is 11.7. The quantitative estimate of drug-likeness (QED) is 0.0414. The molecule has 0 aromatic rings. The van der Waals surface area contributed by atoms with Crippen molar-refractivity contribution in [2.24, 2.45) is 5.73 Å². The summed E-state index contributed by atoms with van der Waals surface area (Å²) in [6.45, 7) is 4.89. The van der Waals surface area contributed by atoms with Crippen LogP contribution < -0.4 is 5.73 Å². The van der Waals surface area contributed by atoms with Gasteiger partial charge >= 0.3 is 13.8 Å². The normalized spacial score (nSPS) is 13.7. The van der Waals surface area contributed by atoms with E-state index < -0.39 is 13.9 Å². The largest absolute Gasteiger partial charge is 0.472 e. The van der Waals surface area contributed by atoms with Crippen molar-refractivity contribution in [3.05, 3.63) is 0 Å². The van der Waals surface area contributed by atoms with Gasteiger partial charge in [0.1, 0.15) is 6.10 Å². The van der Waals surface area contributed by atoms with Gasteiger partial charge in [0.15, 0.2) is 0 Å². The number of unbranched alkanes of at least 4 members (excludes halogenated alkanes) is 21. The molecule has 0 radical (unpaired) electrons. The third-order valence-electron chi connectivity index (χ3n) is 7.52. The fourth-order valence-electron chi connectivity index (χ4n) is 4.94. The van der Waals surface area contributed by atoms with Crippen molar-refractivity contribution < 1.29 is 32.8 Å². The van der Waals surface area contributed by atoms with E-state index in [1.807, 2.05) is 0 Å². The third-order valence-corrected chi connectivity index (χ3v) is 8.51. The van der Waals surface area contributed by atoms with E-state index in [1.54, 1.807) is 0 Å². The highest BCUT2D eigenvalue weighted by Crippen LogP contribution is 2.43. The molecule has 0 aliphatic rings. The average molecular weight is 622 g/mol. The van der Waals surface area contributed by atoms with Gasteiger partial charge in [-0.3, -0.25) is 13.8 Å². The van der Waals surface area contributed by atoms with Crippen LogP contribution >= 0.6 is 7.82 Å². The molecule has 0 rings (SSSR count). The summed E-state index contributed by atoms with van der Waals surface area (Å²) in [5.41, 5.74) is 5.32. The molecule has 2 atom stereocenters. The van der Waals surface area contributed by atoms with E-state index in [-0.39, 0.29) is 32.3 Å². The lowest BCUT2D eigenvalue weighted by Gasteiger charge is -2.20. The second-order valence-corrected chi connectivity index (χ2v) is 13.2. The first-order valence-corrected chi connectivity index (χ1v) is 19.0. The van der Waals surface area contributed by atoms with Crippen molar-refractivity contribution in [3.8, 4) is 0 Å². The van der Waals surface area contributed by atoms with Crippen LogP contribution in [0.25, 0.3) is 0 Å². The fourth-order valence-corrected chi connectivity index (χ4v) is 5.70. The Balaban J connectivity index is 3.95. The molecule has 2 unspecified atom stereocenters. The molecule has 0 aliphatic carbocycles. The van der Waals surface area contributed by atoms with Gasteiger partial charge in [0, 0.05) is 19.6 Å². The minimum atomic E-state index is -4.25. The molecule has 252 valence electrons. The molecule has 9 heteroatoms. The summed E-state index contributed by atoms with van der Waals surface area (Å²) >= 11 is 0. The number of phosphoric ester groups is 1. The number of esters is 1. The summed E-state index contributed by atoms with van der Waals surface area (Å²) < 4.78 is 33.0. The Hall–Kier alpha value is -0.500. The van der Waals surface area contributed by atoms with Gasteiger partial charge in [0.05, 0.1) is 19.8 Å². The maximum atomic E-state index is 12.4. The van der Waals surface area contributed by atoms with Crippen LogP contribution in [0.3, 0.4) is 0 Å². The zero-order chi connectivity index (χ0) is 31.0. The molecule has 8 nitrogen and oxygen atoms in total. The van der Waals surface area contributed by atoms with Crippen LogP contribution in [0.1, 0.15) is 168 Å². The number of carbonyl (C=O) groups is 1. The van der Waals surface area contributed by atoms with Crippen molar-refractivity contribution in [1.29, 1.82) is 0 Å². The Labute approximate surface area is 259 Å². The third kappa shape index (κ3) is 30.9. The number of rotatable bonds is 34. The number of phosphoric acid groups is 1. The molecule has 3 N–H and O–H groups in total. The van der Waals surface area contributed by atoms with Crippen LogP contribution in [0, 0.1) is 0 Å². The van der Waals surface area contributed by atoms with Gasteiger partial charge in [-0.2, -0.15) is 0 Å². The number of carbonyl (C=O) groups excluding carboxylic acids is 1. The summed E-state index contributed by atoms with van der Waals surface area (Å²) in [4.78, 5) is 22.2. The van der Waals surface area contributed by atoms with Crippen molar-refractivity contribution in [3.63, 3.8) is 0 Å². The Bertz CT molecular complexity index is 623. The van der Waals surface area contributed by atoms with Gasteiger partial charge in [-0.1, -0.05) is 149 Å². The van der Waals surface area contributed by atoms with Gasteiger partial charge in [-0.15, -0.1) is 0 Å². The summed E-state index contributed by atoms with van der Waals surface area (Å²) in [6, 6.07) is 0. The first kappa shape index (κ1) is 41.5. The van der Waals surface area contributed by atoms with Gasteiger partial charge < -0.3 is 20.1 Å². The number of hydrogen-bond acceptors (Lipinski definition) is 7. The molecular formula is C33H68NO7P. The maximum Gasteiger partial charge on any atom is 0.472 e. The lowest BCUT2D eigenvalue weighted by molar-refractivity contribution is -0.154. The SMILES string of the molecule is CCCCCCCCCCCCCCCCCCCC(=O)OC(COCCCCCCCC)COP(=O)(O)OCCN. The van der Waals surface area contributed by atoms with E-state index >= 15 is 0 Å². The van der Waals surface area contributed by atoms with Crippen molar-refractivity contribution in [1.82, 2.24) is 0 Å². The Morgan fingerprint density at radius 2 is 1.05 bits per heavy atom. The molecule has 0 bridgehead atoms. The summed E-state index contributed by atoms with van der Waals surface area (Å²) in [6.07, 6.45) is 28.4. The summed E-state index contributed by atoms with van der Waals surface area (Å²) in [5.74, 6) is -0.330. The van der Waals surface area contributed by atoms with E-state index in [2.05, 4.69) is 13.8 Å². The molecule has 0 spiro atoms. The predicted octanol–water partition coefficient (Wildman–Crippen LogP) is 9.41. The molecule has 0 heterocycles.